The van der Waals surface area contributed by atoms with Crippen LogP contribution < -0.4 is 4.74 Å². The van der Waals surface area contributed by atoms with E-state index < -0.39 is 6.09 Å². The van der Waals surface area contributed by atoms with Gasteiger partial charge in [0.1, 0.15) is 0 Å². The fourth-order valence-electron chi connectivity index (χ4n) is 2.03. The van der Waals surface area contributed by atoms with Gasteiger partial charge in [-0.1, -0.05) is 40.5 Å². The van der Waals surface area contributed by atoms with Crippen molar-refractivity contribution in [3.8, 4) is 6.01 Å². The second kappa shape index (κ2) is 6.55. The molecule has 2 rings (SSSR count). The molecule has 1 heterocycles. The Bertz CT molecular complexity index is 618. The quantitative estimate of drug-likeness (QED) is 0.864. The third-order valence-electron chi connectivity index (χ3n) is 3.17. The number of rotatable bonds is 4. The van der Waals surface area contributed by atoms with Crippen molar-refractivity contribution in [3.63, 3.8) is 0 Å². The summed E-state index contributed by atoms with van der Waals surface area (Å²) in [5, 5.41) is 11.2. The van der Waals surface area contributed by atoms with Gasteiger partial charge in [0.15, 0.2) is 0 Å². The molecule has 0 fully saturated rings. The van der Waals surface area contributed by atoms with E-state index in [1.807, 2.05) is 51.1 Å². The molecular formula is C15H21N5O2. The minimum Gasteiger partial charge on any atom is -0.372 e. The molecule has 0 N–H and O–H groups in total. The number of hydrogen-bond donors (Lipinski definition) is 0. The van der Waals surface area contributed by atoms with Gasteiger partial charge in [-0.2, -0.15) is 4.80 Å². The normalized spacial score (nSPS) is 11.3. The topological polar surface area (TPSA) is 73.1 Å². The lowest BCUT2D eigenvalue weighted by atomic mass is 10.1. The first kappa shape index (κ1) is 15.9. The monoisotopic (exact) mass is 303 g/mol. The van der Waals surface area contributed by atoms with E-state index in [4.69, 9.17) is 4.74 Å². The Morgan fingerprint density at radius 3 is 2.50 bits per heavy atom. The second-order valence-electron chi connectivity index (χ2n) is 5.99. The van der Waals surface area contributed by atoms with Crippen LogP contribution in [0, 0.1) is 0 Å². The number of amides is 1. The molecule has 1 aromatic carbocycles. The molecule has 7 nitrogen and oxygen atoms in total. The van der Waals surface area contributed by atoms with E-state index in [0.717, 1.165) is 6.42 Å². The Labute approximate surface area is 129 Å². The van der Waals surface area contributed by atoms with Crippen LogP contribution in [0.1, 0.15) is 26.3 Å². The van der Waals surface area contributed by atoms with Crippen molar-refractivity contribution in [1.82, 2.24) is 25.1 Å². The highest BCUT2D eigenvalue weighted by atomic mass is 16.6. The van der Waals surface area contributed by atoms with Crippen LogP contribution in [0.25, 0.3) is 0 Å². The number of benzene rings is 1. The summed E-state index contributed by atoms with van der Waals surface area (Å²) in [5.74, 6) is 0. The van der Waals surface area contributed by atoms with Gasteiger partial charge in [-0.15, -0.1) is 0 Å². The van der Waals surface area contributed by atoms with Gasteiger partial charge < -0.3 is 9.64 Å². The smallest absolute Gasteiger partial charge is 0.372 e. The van der Waals surface area contributed by atoms with E-state index in [1.54, 1.807) is 11.9 Å². The van der Waals surface area contributed by atoms with Crippen molar-refractivity contribution in [2.45, 2.75) is 32.7 Å². The maximum Gasteiger partial charge on any atom is 0.418 e. The SMILES string of the molecule is Cn1nnc(OC(=O)N(CCc2ccccc2)C(C)(C)C)n1. The fourth-order valence-corrected chi connectivity index (χ4v) is 2.03. The van der Waals surface area contributed by atoms with E-state index in [1.165, 1.54) is 10.4 Å². The van der Waals surface area contributed by atoms with E-state index in [2.05, 4.69) is 15.4 Å². The fraction of sp³-hybridized carbons (Fsp3) is 0.467. The Hall–Kier alpha value is -2.44. The minimum atomic E-state index is -0.476. The molecule has 0 aliphatic heterocycles. The van der Waals surface area contributed by atoms with Crippen LogP contribution >= 0.6 is 0 Å². The lowest BCUT2D eigenvalue weighted by molar-refractivity contribution is 0.104. The molecule has 2 aromatic rings. The summed E-state index contributed by atoms with van der Waals surface area (Å²) in [4.78, 5) is 15.3. The third-order valence-corrected chi connectivity index (χ3v) is 3.17. The molecule has 0 unspecified atom stereocenters. The van der Waals surface area contributed by atoms with Crippen LogP contribution in [0.15, 0.2) is 30.3 Å². The molecule has 1 amide bonds. The summed E-state index contributed by atoms with van der Waals surface area (Å²) in [6.45, 7) is 6.43. The number of tetrazole rings is 1. The summed E-state index contributed by atoms with van der Waals surface area (Å²) >= 11 is 0. The van der Waals surface area contributed by atoms with Crippen LogP contribution in [0.3, 0.4) is 0 Å². The molecule has 0 radical (unpaired) electrons. The second-order valence-corrected chi connectivity index (χ2v) is 5.99. The zero-order chi connectivity index (χ0) is 16.2. The molecular weight excluding hydrogens is 282 g/mol. The van der Waals surface area contributed by atoms with Crippen molar-refractivity contribution >= 4 is 6.09 Å². The maximum atomic E-state index is 12.4. The average molecular weight is 303 g/mol. The lowest BCUT2D eigenvalue weighted by Crippen LogP contribution is -2.48. The van der Waals surface area contributed by atoms with E-state index in [9.17, 15) is 4.79 Å². The molecule has 0 saturated carbocycles. The largest absolute Gasteiger partial charge is 0.418 e. The van der Waals surface area contributed by atoms with Gasteiger partial charge in [0.2, 0.25) is 0 Å². The van der Waals surface area contributed by atoms with Crippen LogP contribution in [0.4, 0.5) is 4.79 Å². The van der Waals surface area contributed by atoms with Gasteiger partial charge in [0, 0.05) is 12.1 Å². The first-order chi connectivity index (χ1) is 10.4. The molecule has 0 spiro atoms. The van der Waals surface area contributed by atoms with Crippen LogP contribution in [0.2, 0.25) is 0 Å². The highest BCUT2D eigenvalue weighted by Gasteiger charge is 2.28. The number of ether oxygens (including phenoxy) is 1. The van der Waals surface area contributed by atoms with Crippen molar-refractivity contribution in [2.24, 2.45) is 7.05 Å². The Morgan fingerprint density at radius 2 is 1.95 bits per heavy atom. The molecule has 0 atom stereocenters. The first-order valence-electron chi connectivity index (χ1n) is 7.13. The molecule has 0 bridgehead atoms. The average Bonchev–Trinajstić information content (AvgIpc) is 2.84. The number of hydrogen-bond acceptors (Lipinski definition) is 5. The highest BCUT2D eigenvalue weighted by Crippen LogP contribution is 2.16. The Morgan fingerprint density at radius 1 is 1.27 bits per heavy atom. The summed E-state index contributed by atoms with van der Waals surface area (Å²) in [5.41, 5.74) is 0.802. The third kappa shape index (κ3) is 4.28. The first-order valence-corrected chi connectivity index (χ1v) is 7.13. The number of carbonyl (C=O) groups excluding carboxylic acids is 1. The summed E-state index contributed by atoms with van der Waals surface area (Å²) in [7, 11) is 1.61. The number of aryl methyl sites for hydroxylation is 1. The van der Waals surface area contributed by atoms with Crippen molar-refractivity contribution in [3.05, 3.63) is 35.9 Å². The van der Waals surface area contributed by atoms with Crippen molar-refractivity contribution in [2.75, 3.05) is 6.54 Å². The summed E-state index contributed by atoms with van der Waals surface area (Å²) in [6, 6.07) is 9.98. The van der Waals surface area contributed by atoms with Crippen molar-refractivity contribution in [1.29, 1.82) is 0 Å². The number of carbonyl (C=O) groups is 1. The maximum absolute atomic E-state index is 12.4. The summed E-state index contributed by atoms with van der Waals surface area (Å²) in [6.07, 6.45) is 0.276. The predicted molar refractivity (Wildman–Crippen MR) is 81.4 cm³/mol. The zero-order valence-corrected chi connectivity index (χ0v) is 13.4. The lowest BCUT2D eigenvalue weighted by Gasteiger charge is -2.34. The molecule has 0 aliphatic carbocycles. The van der Waals surface area contributed by atoms with Gasteiger partial charge in [-0.25, -0.2) is 4.79 Å². The summed E-state index contributed by atoms with van der Waals surface area (Å²) < 4.78 is 5.19. The molecule has 0 aliphatic rings. The van der Waals surface area contributed by atoms with Crippen molar-refractivity contribution < 1.29 is 9.53 Å². The Balaban J connectivity index is 2.04. The van der Waals surface area contributed by atoms with E-state index in [-0.39, 0.29) is 11.5 Å². The van der Waals surface area contributed by atoms with Crippen LogP contribution in [-0.4, -0.2) is 43.3 Å². The van der Waals surface area contributed by atoms with E-state index in [0.29, 0.717) is 6.54 Å². The molecule has 0 saturated heterocycles. The van der Waals surface area contributed by atoms with Gasteiger partial charge in [-0.3, -0.25) is 0 Å². The number of nitrogens with zero attached hydrogens (tertiary/aromatic N) is 5. The minimum absolute atomic E-state index is 0.0403. The van der Waals surface area contributed by atoms with Crippen LogP contribution in [-0.2, 0) is 13.5 Å². The van der Waals surface area contributed by atoms with Gasteiger partial charge >= 0.3 is 12.1 Å². The Kier molecular flexibility index (Phi) is 4.75. The van der Waals surface area contributed by atoms with Gasteiger partial charge in [0.05, 0.1) is 7.05 Å². The molecule has 1 aromatic heterocycles. The van der Waals surface area contributed by atoms with Crippen LogP contribution in [0.5, 0.6) is 6.01 Å². The predicted octanol–water partition coefficient (Wildman–Crippen LogP) is 2.05. The highest BCUT2D eigenvalue weighted by molar-refractivity contribution is 5.70. The molecule has 7 heteroatoms. The molecule has 118 valence electrons. The zero-order valence-electron chi connectivity index (χ0n) is 13.4. The van der Waals surface area contributed by atoms with Gasteiger partial charge in [0.25, 0.3) is 0 Å². The standard InChI is InChI=1S/C15H21N5O2/c1-15(2,3)20(11-10-12-8-6-5-7-9-12)14(21)22-13-16-18-19(4)17-13/h5-9H,10-11H2,1-4H3. The molecule has 22 heavy (non-hydrogen) atoms. The van der Waals surface area contributed by atoms with Gasteiger partial charge in [-0.05, 0) is 38.0 Å². The van der Waals surface area contributed by atoms with E-state index >= 15 is 0 Å². The number of aromatic nitrogens is 4.